The summed E-state index contributed by atoms with van der Waals surface area (Å²) in [7, 11) is 1.99. The van der Waals surface area contributed by atoms with Gasteiger partial charge >= 0.3 is 0 Å². The highest BCUT2D eigenvalue weighted by Gasteiger charge is 2.41. The minimum atomic E-state index is 0.481. The van der Waals surface area contributed by atoms with Crippen LogP contribution in [0.15, 0.2) is 36.8 Å². The van der Waals surface area contributed by atoms with Crippen LogP contribution in [0.2, 0.25) is 0 Å². The number of piperidine rings is 1. The van der Waals surface area contributed by atoms with Crippen LogP contribution in [0.4, 0.5) is 0 Å². The minimum Gasteiger partial charge on any atom is -0.298 e. The van der Waals surface area contributed by atoms with Crippen molar-refractivity contribution in [1.82, 2.24) is 24.6 Å². The summed E-state index contributed by atoms with van der Waals surface area (Å²) in [6.45, 7) is 6.89. The van der Waals surface area contributed by atoms with E-state index in [9.17, 15) is 0 Å². The molecule has 0 aromatic carbocycles. The van der Waals surface area contributed by atoms with Gasteiger partial charge in [-0.2, -0.15) is 5.10 Å². The summed E-state index contributed by atoms with van der Waals surface area (Å²) in [5.74, 6) is 0. The third kappa shape index (κ3) is 3.52. The second kappa shape index (κ2) is 6.65. The first-order valence-electron chi connectivity index (χ1n) is 9.03. The first-order chi connectivity index (χ1) is 11.7. The van der Waals surface area contributed by atoms with Gasteiger partial charge in [-0.3, -0.25) is 19.5 Å². The number of nitrogens with zero attached hydrogens (tertiary/aromatic N) is 5. The van der Waals surface area contributed by atoms with Gasteiger partial charge < -0.3 is 0 Å². The predicted octanol–water partition coefficient (Wildman–Crippen LogP) is 2.30. The quantitative estimate of drug-likeness (QED) is 0.864. The van der Waals surface area contributed by atoms with Gasteiger partial charge in [0.25, 0.3) is 0 Å². The number of aryl methyl sites for hydroxylation is 1. The molecule has 5 heteroatoms. The zero-order valence-corrected chi connectivity index (χ0v) is 14.6. The Balaban J connectivity index is 1.36. The lowest BCUT2D eigenvalue weighted by Gasteiger charge is -2.40. The van der Waals surface area contributed by atoms with Crippen molar-refractivity contribution in [3.8, 4) is 0 Å². The lowest BCUT2D eigenvalue weighted by Crippen LogP contribution is -2.44. The summed E-state index contributed by atoms with van der Waals surface area (Å²) in [6, 6.07) is 6.22. The number of hydrogen-bond acceptors (Lipinski definition) is 4. The number of hydrogen-bond donors (Lipinski definition) is 0. The van der Waals surface area contributed by atoms with Gasteiger partial charge in [0.2, 0.25) is 0 Å². The normalized spacial score (nSPS) is 25.5. The zero-order valence-electron chi connectivity index (χ0n) is 14.6. The fourth-order valence-electron chi connectivity index (χ4n) is 4.47. The molecule has 0 amide bonds. The molecule has 1 spiro atoms. The van der Waals surface area contributed by atoms with E-state index in [1.807, 2.05) is 30.2 Å². The Hall–Kier alpha value is -1.72. The van der Waals surface area contributed by atoms with Gasteiger partial charge in [0.15, 0.2) is 0 Å². The largest absolute Gasteiger partial charge is 0.298 e. The molecule has 2 aromatic heterocycles. The van der Waals surface area contributed by atoms with E-state index in [-0.39, 0.29) is 0 Å². The Morgan fingerprint density at radius 2 is 1.96 bits per heavy atom. The number of likely N-dealkylation sites (tertiary alicyclic amines) is 2. The van der Waals surface area contributed by atoms with E-state index >= 15 is 0 Å². The number of aromatic nitrogens is 3. The summed E-state index contributed by atoms with van der Waals surface area (Å²) >= 11 is 0. The van der Waals surface area contributed by atoms with Gasteiger partial charge in [0, 0.05) is 51.2 Å². The zero-order chi connectivity index (χ0) is 16.4. The van der Waals surface area contributed by atoms with Crippen LogP contribution in [-0.2, 0) is 20.1 Å². The molecule has 128 valence electrons. The maximum absolute atomic E-state index is 4.49. The molecule has 0 aliphatic carbocycles. The second-order valence-electron chi connectivity index (χ2n) is 7.62. The van der Waals surface area contributed by atoms with Crippen molar-refractivity contribution in [2.24, 2.45) is 12.5 Å². The van der Waals surface area contributed by atoms with E-state index in [2.05, 4.69) is 38.2 Å². The molecule has 2 aromatic rings. The molecular formula is C19H27N5. The lowest BCUT2D eigenvalue weighted by molar-refractivity contribution is 0.0865. The van der Waals surface area contributed by atoms with Gasteiger partial charge in [0.1, 0.15) is 0 Å². The van der Waals surface area contributed by atoms with E-state index in [0.717, 1.165) is 13.1 Å². The molecule has 2 saturated heterocycles. The molecule has 24 heavy (non-hydrogen) atoms. The highest BCUT2D eigenvalue weighted by atomic mass is 15.2. The van der Waals surface area contributed by atoms with Crippen LogP contribution >= 0.6 is 0 Å². The molecule has 5 nitrogen and oxygen atoms in total. The number of pyridine rings is 1. The number of rotatable bonds is 4. The average Bonchev–Trinajstić information content (AvgIpc) is 3.15. The highest BCUT2D eigenvalue weighted by molar-refractivity contribution is 5.06. The Labute approximate surface area is 144 Å². The van der Waals surface area contributed by atoms with Crippen LogP contribution in [0.1, 0.15) is 30.5 Å². The molecule has 2 aliphatic heterocycles. The van der Waals surface area contributed by atoms with E-state index in [4.69, 9.17) is 0 Å². The Morgan fingerprint density at radius 1 is 1.08 bits per heavy atom. The van der Waals surface area contributed by atoms with E-state index in [1.54, 1.807) is 0 Å². The molecule has 0 N–H and O–H groups in total. The third-order valence-corrected chi connectivity index (χ3v) is 5.53. The van der Waals surface area contributed by atoms with Crippen molar-refractivity contribution >= 4 is 0 Å². The Bertz CT molecular complexity index is 667. The van der Waals surface area contributed by atoms with Gasteiger partial charge in [-0.05, 0) is 49.9 Å². The second-order valence-corrected chi connectivity index (χ2v) is 7.62. The van der Waals surface area contributed by atoms with Crippen molar-refractivity contribution < 1.29 is 0 Å². The first kappa shape index (κ1) is 15.8. The van der Waals surface area contributed by atoms with Crippen LogP contribution in [0, 0.1) is 5.41 Å². The Morgan fingerprint density at radius 3 is 2.71 bits per heavy atom. The molecule has 2 fully saturated rings. The van der Waals surface area contributed by atoms with Gasteiger partial charge in [-0.25, -0.2) is 0 Å². The summed E-state index contributed by atoms with van der Waals surface area (Å²) in [4.78, 5) is 9.71. The van der Waals surface area contributed by atoms with Gasteiger partial charge in [-0.1, -0.05) is 6.07 Å². The molecule has 0 bridgehead atoms. The predicted molar refractivity (Wildman–Crippen MR) is 94.3 cm³/mol. The van der Waals surface area contributed by atoms with E-state index in [0.29, 0.717) is 5.41 Å². The highest BCUT2D eigenvalue weighted by Crippen LogP contribution is 2.39. The van der Waals surface area contributed by atoms with Crippen LogP contribution in [-0.4, -0.2) is 50.7 Å². The van der Waals surface area contributed by atoms with Crippen molar-refractivity contribution in [3.05, 3.63) is 48.0 Å². The molecule has 2 aliphatic rings. The molecule has 4 rings (SSSR count). The van der Waals surface area contributed by atoms with Crippen LogP contribution in [0.5, 0.6) is 0 Å². The molecule has 0 unspecified atom stereocenters. The monoisotopic (exact) mass is 325 g/mol. The van der Waals surface area contributed by atoms with Crippen molar-refractivity contribution in [2.45, 2.75) is 32.4 Å². The molecule has 1 atom stereocenters. The van der Waals surface area contributed by atoms with Gasteiger partial charge in [0.05, 0.1) is 11.9 Å². The van der Waals surface area contributed by atoms with Crippen molar-refractivity contribution in [3.63, 3.8) is 0 Å². The summed E-state index contributed by atoms with van der Waals surface area (Å²) in [5, 5.41) is 4.30. The molecule has 0 saturated carbocycles. The average molecular weight is 325 g/mol. The first-order valence-corrected chi connectivity index (χ1v) is 9.03. The smallest absolute Gasteiger partial charge is 0.0543 e. The molecule has 0 radical (unpaired) electrons. The van der Waals surface area contributed by atoms with E-state index in [1.165, 1.54) is 56.7 Å². The Kier molecular flexibility index (Phi) is 4.37. The van der Waals surface area contributed by atoms with Crippen LogP contribution in [0.25, 0.3) is 0 Å². The molecule has 4 heterocycles. The van der Waals surface area contributed by atoms with Crippen LogP contribution in [0.3, 0.4) is 0 Å². The standard InChI is InChI=1S/C19H27N5/c1-22-12-17(11-21-22)13-23-9-4-6-19(15-23)7-10-24(16-19)14-18-5-2-3-8-20-18/h2-3,5,8,11-12H,4,6-7,9-10,13-16H2,1H3/t19-/m0/s1. The summed E-state index contributed by atoms with van der Waals surface area (Å²) < 4.78 is 1.90. The van der Waals surface area contributed by atoms with E-state index < -0.39 is 0 Å². The fourth-order valence-corrected chi connectivity index (χ4v) is 4.47. The third-order valence-electron chi connectivity index (χ3n) is 5.53. The minimum absolute atomic E-state index is 0.481. The summed E-state index contributed by atoms with van der Waals surface area (Å²) in [5.41, 5.74) is 3.00. The topological polar surface area (TPSA) is 37.2 Å². The fraction of sp³-hybridized carbons (Fsp3) is 0.579. The lowest BCUT2D eigenvalue weighted by atomic mass is 9.79. The van der Waals surface area contributed by atoms with Crippen molar-refractivity contribution in [2.75, 3.05) is 26.2 Å². The van der Waals surface area contributed by atoms with Gasteiger partial charge in [-0.15, -0.1) is 0 Å². The van der Waals surface area contributed by atoms with Crippen LogP contribution < -0.4 is 0 Å². The SMILES string of the molecule is Cn1cc(CN2CCC[C@]3(CCN(Cc4ccccn4)C3)C2)cn1. The van der Waals surface area contributed by atoms with Crippen molar-refractivity contribution in [1.29, 1.82) is 0 Å². The maximum atomic E-state index is 4.49. The maximum Gasteiger partial charge on any atom is 0.0543 e. The summed E-state index contributed by atoms with van der Waals surface area (Å²) in [6.07, 6.45) is 10.1. The molecular weight excluding hydrogens is 298 g/mol.